The quantitative estimate of drug-likeness (QED) is 0.679. The van der Waals surface area contributed by atoms with Gasteiger partial charge in [0.2, 0.25) is 0 Å². The van der Waals surface area contributed by atoms with Crippen LogP contribution in [0.2, 0.25) is 0 Å². The number of nitrogens with two attached hydrogens (primary N) is 1. The summed E-state index contributed by atoms with van der Waals surface area (Å²) in [6, 6.07) is 7.55. The first-order valence-electron chi connectivity index (χ1n) is 6.25. The van der Waals surface area contributed by atoms with Crippen molar-refractivity contribution in [2.24, 2.45) is 0 Å². The molecule has 0 aliphatic carbocycles. The number of carbonyl (C=O) groups is 1. The van der Waals surface area contributed by atoms with Crippen LogP contribution in [0.15, 0.2) is 29.6 Å². The van der Waals surface area contributed by atoms with E-state index in [1.807, 2.05) is 24.4 Å². The fourth-order valence-electron chi connectivity index (χ4n) is 1.85. The molecule has 0 radical (unpaired) electrons. The molecule has 0 aliphatic heterocycles. The van der Waals surface area contributed by atoms with Gasteiger partial charge in [-0.3, -0.25) is 0 Å². The zero-order valence-electron chi connectivity index (χ0n) is 11.5. The maximum absolute atomic E-state index is 11.6. The summed E-state index contributed by atoms with van der Waals surface area (Å²) in [5, 5.41) is 2.04. The van der Waals surface area contributed by atoms with Crippen LogP contribution in [0, 0.1) is 6.92 Å². The highest BCUT2D eigenvalue weighted by molar-refractivity contribution is 7.09. The van der Waals surface area contributed by atoms with E-state index in [0.29, 0.717) is 23.6 Å². The lowest BCUT2D eigenvalue weighted by molar-refractivity contribution is 0.0601. The number of aryl methyl sites for hydroxylation is 1. The summed E-state index contributed by atoms with van der Waals surface area (Å²) >= 11 is 1.70. The van der Waals surface area contributed by atoms with Crippen LogP contribution in [-0.2, 0) is 11.2 Å². The maximum atomic E-state index is 11.6. The van der Waals surface area contributed by atoms with Crippen LogP contribution in [0.4, 0.5) is 5.69 Å². The van der Waals surface area contributed by atoms with Crippen LogP contribution in [0.1, 0.15) is 20.8 Å². The topological polar surface area (TPSA) is 61.5 Å². The molecular formula is C15H17NO3S. The maximum Gasteiger partial charge on any atom is 0.340 e. The normalized spacial score (nSPS) is 10.3. The van der Waals surface area contributed by atoms with Crippen molar-refractivity contribution in [2.45, 2.75) is 13.3 Å². The smallest absolute Gasteiger partial charge is 0.340 e. The summed E-state index contributed by atoms with van der Waals surface area (Å²) in [5.74, 6) is 0.183. The third-order valence-electron chi connectivity index (χ3n) is 2.96. The summed E-state index contributed by atoms with van der Waals surface area (Å²) in [7, 11) is 1.33. The number of methoxy groups -OCH3 is 1. The van der Waals surface area contributed by atoms with Crippen LogP contribution in [0.5, 0.6) is 5.75 Å². The van der Waals surface area contributed by atoms with Crippen molar-refractivity contribution < 1.29 is 14.3 Å². The summed E-state index contributed by atoms with van der Waals surface area (Å²) in [5.41, 5.74) is 7.46. The average Bonchev–Trinajstić information content (AvgIpc) is 2.95. The van der Waals surface area contributed by atoms with Gasteiger partial charge in [0, 0.05) is 17.0 Å². The third-order valence-corrected chi connectivity index (χ3v) is 3.90. The van der Waals surface area contributed by atoms with Gasteiger partial charge in [-0.1, -0.05) is 6.07 Å². The van der Waals surface area contributed by atoms with Crippen LogP contribution in [0.3, 0.4) is 0 Å². The Kier molecular flexibility index (Phi) is 4.63. The van der Waals surface area contributed by atoms with E-state index in [0.717, 1.165) is 12.0 Å². The standard InChI is InChI=1S/C15H17NO3S/c1-10-8-11(9-13(14(10)16)15(17)18-2)19-6-5-12-4-3-7-20-12/h3-4,7-9H,5-6,16H2,1-2H3. The van der Waals surface area contributed by atoms with Crippen molar-refractivity contribution in [1.29, 1.82) is 0 Å². The zero-order chi connectivity index (χ0) is 14.5. The molecular weight excluding hydrogens is 274 g/mol. The number of anilines is 1. The largest absolute Gasteiger partial charge is 0.493 e. The highest BCUT2D eigenvalue weighted by atomic mass is 32.1. The molecule has 2 rings (SSSR count). The molecule has 0 amide bonds. The minimum Gasteiger partial charge on any atom is -0.493 e. The minimum absolute atomic E-state index is 0.346. The summed E-state index contributed by atoms with van der Waals surface area (Å²) in [6.45, 7) is 2.40. The predicted molar refractivity (Wildman–Crippen MR) is 80.4 cm³/mol. The van der Waals surface area contributed by atoms with Crippen molar-refractivity contribution in [3.63, 3.8) is 0 Å². The van der Waals surface area contributed by atoms with Gasteiger partial charge in [-0.25, -0.2) is 4.79 Å². The molecule has 5 heteroatoms. The van der Waals surface area contributed by atoms with E-state index in [-0.39, 0.29) is 0 Å². The molecule has 0 spiro atoms. The molecule has 1 aromatic carbocycles. The van der Waals surface area contributed by atoms with Crippen molar-refractivity contribution in [3.8, 4) is 5.75 Å². The Morgan fingerprint density at radius 1 is 1.40 bits per heavy atom. The number of thiophene rings is 1. The van der Waals surface area contributed by atoms with Gasteiger partial charge in [-0.15, -0.1) is 11.3 Å². The number of hydrogen-bond acceptors (Lipinski definition) is 5. The molecule has 0 atom stereocenters. The molecule has 0 unspecified atom stereocenters. The second-order valence-electron chi connectivity index (χ2n) is 4.37. The monoisotopic (exact) mass is 291 g/mol. The lowest BCUT2D eigenvalue weighted by atomic mass is 10.1. The average molecular weight is 291 g/mol. The molecule has 2 N–H and O–H groups in total. The fourth-order valence-corrected chi connectivity index (χ4v) is 2.54. The van der Waals surface area contributed by atoms with Gasteiger partial charge in [-0.2, -0.15) is 0 Å². The molecule has 1 aromatic heterocycles. The second kappa shape index (κ2) is 6.43. The lowest BCUT2D eigenvalue weighted by Crippen LogP contribution is -2.08. The molecule has 0 saturated carbocycles. The Labute approximate surface area is 122 Å². The van der Waals surface area contributed by atoms with Gasteiger partial charge in [-0.05, 0) is 36.1 Å². The van der Waals surface area contributed by atoms with Gasteiger partial charge < -0.3 is 15.2 Å². The first kappa shape index (κ1) is 14.4. The number of rotatable bonds is 5. The first-order valence-corrected chi connectivity index (χ1v) is 7.13. The molecule has 106 valence electrons. The first-order chi connectivity index (χ1) is 9.61. The van der Waals surface area contributed by atoms with Crippen LogP contribution >= 0.6 is 11.3 Å². The van der Waals surface area contributed by atoms with Gasteiger partial charge in [0.25, 0.3) is 0 Å². The van der Waals surface area contributed by atoms with E-state index >= 15 is 0 Å². The molecule has 0 bridgehead atoms. The van der Waals surface area contributed by atoms with Crippen molar-refractivity contribution in [3.05, 3.63) is 45.6 Å². The van der Waals surface area contributed by atoms with Crippen molar-refractivity contribution in [1.82, 2.24) is 0 Å². The van der Waals surface area contributed by atoms with Crippen LogP contribution < -0.4 is 10.5 Å². The van der Waals surface area contributed by atoms with Gasteiger partial charge >= 0.3 is 5.97 Å². The van der Waals surface area contributed by atoms with Crippen LogP contribution in [-0.4, -0.2) is 19.7 Å². The summed E-state index contributed by atoms with van der Waals surface area (Å²) in [4.78, 5) is 12.9. The van der Waals surface area contributed by atoms with E-state index in [1.165, 1.54) is 12.0 Å². The summed E-state index contributed by atoms with van der Waals surface area (Å²) in [6.07, 6.45) is 0.842. The molecule has 0 fully saturated rings. The highest BCUT2D eigenvalue weighted by Crippen LogP contribution is 2.25. The molecule has 0 aliphatic rings. The SMILES string of the molecule is COC(=O)c1cc(OCCc2cccs2)cc(C)c1N. The van der Waals surface area contributed by atoms with Gasteiger partial charge in [0.15, 0.2) is 0 Å². The number of nitrogen functional groups attached to an aromatic ring is 1. The zero-order valence-corrected chi connectivity index (χ0v) is 12.3. The number of carbonyl (C=O) groups excluding carboxylic acids is 1. The van der Waals surface area contributed by atoms with E-state index < -0.39 is 5.97 Å². The van der Waals surface area contributed by atoms with Crippen molar-refractivity contribution in [2.75, 3.05) is 19.5 Å². The highest BCUT2D eigenvalue weighted by Gasteiger charge is 2.14. The molecule has 20 heavy (non-hydrogen) atoms. The third kappa shape index (κ3) is 3.30. The Hall–Kier alpha value is -2.01. The molecule has 2 aromatic rings. The minimum atomic E-state index is -0.450. The molecule has 1 heterocycles. The van der Waals surface area contributed by atoms with E-state index in [1.54, 1.807) is 17.4 Å². The number of hydrogen-bond donors (Lipinski definition) is 1. The van der Waals surface area contributed by atoms with Gasteiger partial charge in [0.1, 0.15) is 5.75 Å². The number of benzene rings is 1. The Balaban J connectivity index is 2.08. The lowest BCUT2D eigenvalue weighted by Gasteiger charge is -2.11. The Bertz CT molecular complexity index is 593. The Morgan fingerprint density at radius 3 is 2.85 bits per heavy atom. The van der Waals surface area contributed by atoms with E-state index in [2.05, 4.69) is 6.07 Å². The predicted octanol–water partition coefficient (Wildman–Crippen LogP) is 3.05. The second-order valence-corrected chi connectivity index (χ2v) is 5.40. The van der Waals surface area contributed by atoms with Gasteiger partial charge in [0.05, 0.1) is 19.3 Å². The molecule has 4 nitrogen and oxygen atoms in total. The van der Waals surface area contributed by atoms with Crippen LogP contribution in [0.25, 0.3) is 0 Å². The number of esters is 1. The van der Waals surface area contributed by atoms with E-state index in [4.69, 9.17) is 15.2 Å². The summed E-state index contributed by atoms with van der Waals surface area (Å²) < 4.78 is 10.4. The fraction of sp³-hybridized carbons (Fsp3) is 0.267. The number of ether oxygens (including phenoxy) is 2. The van der Waals surface area contributed by atoms with E-state index in [9.17, 15) is 4.79 Å². The Morgan fingerprint density at radius 2 is 2.20 bits per heavy atom. The molecule has 0 saturated heterocycles. The van der Waals surface area contributed by atoms with Crippen molar-refractivity contribution >= 4 is 23.0 Å².